The summed E-state index contributed by atoms with van der Waals surface area (Å²) in [5.41, 5.74) is 6.11. The second kappa shape index (κ2) is 9.25. The lowest BCUT2D eigenvalue weighted by Gasteiger charge is -2.14. The Balaban J connectivity index is 1.78. The van der Waals surface area contributed by atoms with Gasteiger partial charge in [0, 0.05) is 11.9 Å². The normalized spacial score (nSPS) is 10.9. The number of nitrogens with one attached hydrogen (secondary N) is 2. The largest absolute Gasteiger partial charge is 0.497 e. The molecule has 3 aromatic rings. The van der Waals surface area contributed by atoms with E-state index in [2.05, 4.69) is 15.0 Å². The molecule has 0 spiro atoms. The van der Waals surface area contributed by atoms with Crippen LogP contribution < -0.4 is 25.2 Å². The van der Waals surface area contributed by atoms with Crippen LogP contribution in [0.25, 0.3) is 0 Å². The Morgan fingerprint density at radius 2 is 1.70 bits per heavy atom. The van der Waals surface area contributed by atoms with E-state index in [-0.39, 0.29) is 17.1 Å². The van der Waals surface area contributed by atoms with Gasteiger partial charge < -0.3 is 20.5 Å². The molecule has 0 fully saturated rings. The number of pyridine rings is 1. The maximum atomic E-state index is 12.7. The lowest BCUT2D eigenvalue weighted by Crippen LogP contribution is -2.19. The minimum absolute atomic E-state index is 0.0872. The molecule has 0 radical (unpaired) electrons. The molecule has 30 heavy (non-hydrogen) atoms. The van der Waals surface area contributed by atoms with Crippen LogP contribution in [0.3, 0.4) is 0 Å². The molecule has 3 rings (SSSR count). The lowest BCUT2D eigenvalue weighted by molar-refractivity contribution is -0.132. The summed E-state index contributed by atoms with van der Waals surface area (Å²) in [4.78, 5) is 15.5. The van der Waals surface area contributed by atoms with Gasteiger partial charge in [-0.05, 0) is 60.7 Å². The van der Waals surface area contributed by atoms with Crippen molar-refractivity contribution in [2.75, 3.05) is 23.7 Å². The highest BCUT2D eigenvalue weighted by atomic mass is 32.2. The van der Waals surface area contributed by atoms with E-state index in [4.69, 9.17) is 15.2 Å². The molecular weight excluding hydrogens is 408 g/mol. The second-order valence-electron chi connectivity index (χ2n) is 6.01. The van der Waals surface area contributed by atoms with Crippen molar-refractivity contribution in [3.05, 3.63) is 66.9 Å². The third-order valence-electron chi connectivity index (χ3n) is 3.94. The summed E-state index contributed by atoms with van der Waals surface area (Å²) in [5, 5.41) is 3.04. The van der Waals surface area contributed by atoms with Crippen molar-refractivity contribution >= 4 is 33.2 Å². The molecule has 1 aromatic heterocycles. The first-order valence-corrected chi connectivity index (χ1v) is 10.3. The Bertz CT molecular complexity index is 1120. The number of nitrogens with two attached hydrogens (primary N) is 1. The van der Waals surface area contributed by atoms with E-state index in [1.54, 1.807) is 48.5 Å². The lowest BCUT2D eigenvalue weighted by atomic mass is 10.3. The van der Waals surface area contributed by atoms with Crippen LogP contribution in [0.2, 0.25) is 0 Å². The molecule has 0 aliphatic carbocycles. The number of rotatable bonds is 8. The van der Waals surface area contributed by atoms with Crippen LogP contribution in [0, 0.1) is 0 Å². The molecule has 0 amide bonds. The van der Waals surface area contributed by atoms with Gasteiger partial charge in [0.25, 0.3) is 10.0 Å². The van der Waals surface area contributed by atoms with Crippen LogP contribution in [-0.4, -0.2) is 33.0 Å². The highest BCUT2D eigenvalue weighted by molar-refractivity contribution is 7.92. The van der Waals surface area contributed by atoms with E-state index < -0.39 is 16.0 Å². The van der Waals surface area contributed by atoms with Crippen molar-refractivity contribution < 1.29 is 22.7 Å². The van der Waals surface area contributed by atoms with Crippen molar-refractivity contribution in [3.8, 4) is 11.5 Å². The van der Waals surface area contributed by atoms with Crippen molar-refractivity contribution in [3.63, 3.8) is 0 Å². The Morgan fingerprint density at radius 1 is 1.03 bits per heavy atom. The van der Waals surface area contributed by atoms with E-state index in [0.717, 1.165) is 0 Å². The zero-order valence-corrected chi connectivity index (χ0v) is 16.8. The molecule has 0 saturated heterocycles. The molecule has 0 atom stereocenters. The van der Waals surface area contributed by atoms with Crippen molar-refractivity contribution in [1.29, 1.82) is 0 Å². The zero-order valence-electron chi connectivity index (χ0n) is 16.0. The average molecular weight is 428 g/mol. The third-order valence-corrected chi connectivity index (χ3v) is 5.32. The summed E-state index contributed by atoms with van der Waals surface area (Å²) in [7, 11) is -2.33. The van der Waals surface area contributed by atoms with Crippen LogP contribution in [0.4, 0.5) is 17.2 Å². The monoisotopic (exact) mass is 428 g/mol. The quantitative estimate of drug-likeness (QED) is 0.368. The van der Waals surface area contributed by atoms with E-state index in [0.29, 0.717) is 23.0 Å². The maximum Gasteiger partial charge on any atom is 0.325 e. The molecular formula is C20H20N4O5S. The number of nitrogens with zero attached hydrogens (tertiary/aromatic N) is 1. The average Bonchev–Trinajstić information content (AvgIpc) is 2.76. The SMILES string of the molecule is COc1ccc(S(=O)(=O)Nc2cccnc2Nc2ccc(OC(=O)CN)cc2)cc1. The minimum Gasteiger partial charge on any atom is -0.497 e. The number of esters is 1. The van der Waals surface area contributed by atoms with Gasteiger partial charge in [-0.15, -0.1) is 0 Å². The fourth-order valence-corrected chi connectivity index (χ4v) is 3.53. The number of carbonyl (C=O) groups is 1. The highest BCUT2D eigenvalue weighted by Crippen LogP contribution is 2.27. The van der Waals surface area contributed by atoms with Gasteiger partial charge in [0.2, 0.25) is 0 Å². The third kappa shape index (κ3) is 5.25. The Morgan fingerprint density at radius 3 is 2.33 bits per heavy atom. The maximum absolute atomic E-state index is 12.7. The van der Waals surface area contributed by atoms with Gasteiger partial charge in [-0.3, -0.25) is 9.52 Å². The van der Waals surface area contributed by atoms with Gasteiger partial charge in [0.15, 0.2) is 5.82 Å². The van der Waals surface area contributed by atoms with E-state index >= 15 is 0 Å². The topological polar surface area (TPSA) is 133 Å². The number of aromatic nitrogens is 1. The van der Waals surface area contributed by atoms with Gasteiger partial charge in [-0.2, -0.15) is 0 Å². The van der Waals surface area contributed by atoms with Gasteiger partial charge in [-0.25, -0.2) is 13.4 Å². The Labute approximate surface area is 173 Å². The summed E-state index contributed by atoms with van der Waals surface area (Å²) >= 11 is 0. The second-order valence-corrected chi connectivity index (χ2v) is 7.69. The summed E-state index contributed by atoms with van der Waals surface area (Å²) in [6, 6.07) is 15.7. The molecule has 156 valence electrons. The Kier molecular flexibility index (Phi) is 6.50. The molecule has 0 bridgehead atoms. The number of benzene rings is 2. The van der Waals surface area contributed by atoms with Crippen molar-refractivity contribution in [2.45, 2.75) is 4.90 Å². The van der Waals surface area contributed by atoms with Crippen molar-refractivity contribution in [1.82, 2.24) is 4.98 Å². The minimum atomic E-state index is -3.83. The van der Waals surface area contributed by atoms with Crippen LogP contribution in [0.5, 0.6) is 11.5 Å². The number of hydrogen-bond donors (Lipinski definition) is 3. The first kappa shape index (κ1) is 21.1. The number of anilines is 3. The van der Waals surface area contributed by atoms with E-state index in [1.807, 2.05) is 0 Å². The van der Waals surface area contributed by atoms with Crippen LogP contribution in [0.15, 0.2) is 71.8 Å². The van der Waals surface area contributed by atoms with Crippen LogP contribution >= 0.6 is 0 Å². The number of sulfonamides is 1. The summed E-state index contributed by atoms with van der Waals surface area (Å²) in [6.07, 6.45) is 1.53. The molecule has 2 aromatic carbocycles. The number of carbonyl (C=O) groups excluding carboxylic acids is 1. The number of ether oxygens (including phenoxy) is 2. The predicted molar refractivity (Wildman–Crippen MR) is 112 cm³/mol. The Hall–Kier alpha value is -3.63. The van der Waals surface area contributed by atoms with Gasteiger partial charge in [0.05, 0.1) is 24.2 Å². The summed E-state index contributed by atoms with van der Waals surface area (Å²) in [5.74, 6) is 0.660. The van der Waals surface area contributed by atoms with Gasteiger partial charge in [0.1, 0.15) is 11.5 Å². The zero-order chi connectivity index (χ0) is 21.6. The predicted octanol–water partition coefficient (Wildman–Crippen LogP) is 2.50. The molecule has 9 nitrogen and oxygen atoms in total. The van der Waals surface area contributed by atoms with E-state index in [9.17, 15) is 13.2 Å². The van der Waals surface area contributed by atoms with Gasteiger partial charge in [-0.1, -0.05) is 0 Å². The molecule has 10 heteroatoms. The number of methoxy groups -OCH3 is 1. The van der Waals surface area contributed by atoms with Crippen LogP contribution in [-0.2, 0) is 14.8 Å². The fraction of sp³-hybridized carbons (Fsp3) is 0.100. The molecule has 0 aliphatic heterocycles. The molecule has 4 N–H and O–H groups in total. The fourth-order valence-electron chi connectivity index (χ4n) is 2.46. The van der Waals surface area contributed by atoms with Crippen LogP contribution in [0.1, 0.15) is 0 Å². The van der Waals surface area contributed by atoms with E-state index in [1.165, 1.54) is 25.4 Å². The van der Waals surface area contributed by atoms with Crippen molar-refractivity contribution in [2.24, 2.45) is 5.73 Å². The smallest absolute Gasteiger partial charge is 0.325 e. The summed E-state index contributed by atoms with van der Waals surface area (Å²) < 4.78 is 38.0. The molecule has 0 aliphatic rings. The highest BCUT2D eigenvalue weighted by Gasteiger charge is 2.17. The molecule has 0 saturated carbocycles. The molecule has 1 heterocycles. The molecule has 0 unspecified atom stereocenters. The first-order valence-electron chi connectivity index (χ1n) is 8.81. The van der Waals surface area contributed by atoms with Gasteiger partial charge >= 0.3 is 5.97 Å². The standard InChI is InChI=1S/C20H20N4O5S/c1-28-15-8-10-17(11-9-15)30(26,27)24-18-3-2-12-22-20(18)23-14-4-6-16(7-5-14)29-19(25)13-21/h2-12,24H,13,21H2,1H3,(H,22,23). The first-order chi connectivity index (χ1) is 14.4. The number of hydrogen-bond acceptors (Lipinski definition) is 8. The summed E-state index contributed by atoms with van der Waals surface area (Å²) in [6.45, 7) is -0.217.